The van der Waals surface area contributed by atoms with Gasteiger partial charge >= 0.3 is 0 Å². The van der Waals surface area contributed by atoms with Gasteiger partial charge in [0, 0.05) is 18.6 Å². The van der Waals surface area contributed by atoms with Crippen LogP contribution in [0.1, 0.15) is 41.0 Å². The Morgan fingerprint density at radius 1 is 1.38 bits per heavy atom. The first-order chi connectivity index (χ1) is 7.37. The lowest BCUT2D eigenvalue weighted by Gasteiger charge is -2.27. The maximum absolute atomic E-state index is 11.9. The van der Waals surface area contributed by atoms with Crippen molar-refractivity contribution in [1.29, 1.82) is 0 Å². The van der Waals surface area contributed by atoms with Gasteiger partial charge in [-0.25, -0.2) is 0 Å². The molecule has 0 bridgehead atoms. The van der Waals surface area contributed by atoms with Gasteiger partial charge in [0.25, 0.3) is 5.91 Å². The highest BCUT2D eigenvalue weighted by atomic mass is 16.5. The zero-order valence-corrected chi connectivity index (χ0v) is 11.2. The van der Waals surface area contributed by atoms with Gasteiger partial charge in [0.05, 0.1) is 6.61 Å². The average Bonchev–Trinajstić information content (AvgIpc) is 2.27. The van der Waals surface area contributed by atoms with E-state index in [1.165, 1.54) is 0 Å². The summed E-state index contributed by atoms with van der Waals surface area (Å²) in [7, 11) is 0. The van der Waals surface area contributed by atoms with Crippen molar-refractivity contribution in [2.24, 2.45) is 5.73 Å². The van der Waals surface area contributed by atoms with Crippen LogP contribution in [0.2, 0.25) is 0 Å². The molecule has 0 aliphatic rings. The standard InChI is InChI=1S/C12H26N2O2/c1-6-12(5,13)9-16-10(4)11(15)14(7-2)8-3/h10H,6-9,13H2,1-5H3. The van der Waals surface area contributed by atoms with Crippen molar-refractivity contribution < 1.29 is 9.53 Å². The Kier molecular flexibility index (Phi) is 6.60. The van der Waals surface area contributed by atoms with E-state index in [0.717, 1.165) is 19.5 Å². The van der Waals surface area contributed by atoms with Gasteiger partial charge in [-0.05, 0) is 34.1 Å². The average molecular weight is 230 g/mol. The fraction of sp³-hybridized carbons (Fsp3) is 0.917. The van der Waals surface area contributed by atoms with Gasteiger partial charge < -0.3 is 15.4 Å². The Balaban J connectivity index is 4.15. The van der Waals surface area contributed by atoms with E-state index in [-0.39, 0.29) is 11.4 Å². The zero-order valence-electron chi connectivity index (χ0n) is 11.2. The molecule has 0 aliphatic heterocycles. The molecule has 4 heteroatoms. The predicted molar refractivity (Wildman–Crippen MR) is 66.2 cm³/mol. The van der Waals surface area contributed by atoms with Gasteiger partial charge in [0.15, 0.2) is 0 Å². The topological polar surface area (TPSA) is 55.6 Å². The number of carbonyl (C=O) groups is 1. The Labute approximate surface area is 99.1 Å². The molecule has 4 nitrogen and oxygen atoms in total. The van der Waals surface area contributed by atoms with Gasteiger partial charge in [0.2, 0.25) is 0 Å². The molecule has 0 heterocycles. The third-order valence-electron chi connectivity index (χ3n) is 2.89. The third-order valence-corrected chi connectivity index (χ3v) is 2.89. The minimum Gasteiger partial charge on any atom is -0.367 e. The SMILES string of the molecule is CCN(CC)C(=O)C(C)OCC(C)(N)CC. The molecule has 0 aromatic rings. The Hall–Kier alpha value is -0.610. The van der Waals surface area contributed by atoms with Crippen LogP contribution in [-0.4, -0.2) is 42.1 Å². The van der Waals surface area contributed by atoms with E-state index in [1.54, 1.807) is 11.8 Å². The number of likely N-dealkylation sites (N-methyl/N-ethyl adjacent to an activating group) is 1. The molecule has 0 saturated heterocycles. The molecule has 0 rings (SSSR count). The summed E-state index contributed by atoms with van der Waals surface area (Å²) in [6.07, 6.45) is 0.424. The highest BCUT2D eigenvalue weighted by Gasteiger charge is 2.22. The molecule has 0 fully saturated rings. The van der Waals surface area contributed by atoms with Crippen LogP contribution in [0.5, 0.6) is 0 Å². The zero-order chi connectivity index (χ0) is 12.8. The Bertz CT molecular complexity index is 213. The number of rotatable bonds is 7. The minimum absolute atomic E-state index is 0.0388. The van der Waals surface area contributed by atoms with Crippen molar-refractivity contribution in [2.75, 3.05) is 19.7 Å². The fourth-order valence-electron chi connectivity index (χ4n) is 1.28. The van der Waals surface area contributed by atoms with Gasteiger partial charge in [-0.15, -0.1) is 0 Å². The predicted octanol–water partition coefficient (Wildman–Crippen LogP) is 1.39. The third kappa shape index (κ3) is 4.94. The van der Waals surface area contributed by atoms with Gasteiger partial charge in [0.1, 0.15) is 6.10 Å². The lowest BCUT2D eigenvalue weighted by molar-refractivity contribution is -0.143. The molecule has 16 heavy (non-hydrogen) atoms. The first-order valence-electron chi connectivity index (χ1n) is 6.07. The highest BCUT2D eigenvalue weighted by Crippen LogP contribution is 2.08. The molecule has 96 valence electrons. The summed E-state index contributed by atoms with van der Waals surface area (Å²) in [5, 5.41) is 0. The summed E-state index contributed by atoms with van der Waals surface area (Å²) in [5.41, 5.74) is 5.61. The summed E-state index contributed by atoms with van der Waals surface area (Å²) in [4.78, 5) is 13.6. The van der Waals surface area contributed by atoms with E-state index in [4.69, 9.17) is 10.5 Å². The number of nitrogens with zero attached hydrogens (tertiary/aromatic N) is 1. The van der Waals surface area contributed by atoms with Crippen LogP contribution in [0.25, 0.3) is 0 Å². The Morgan fingerprint density at radius 3 is 2.25 bits per heavy atom. The molecule has 2 unspecified atom stereocenters. The van der Waals surface area contributed by atoms with Crippen molar-refractivity contribution in [1.82, 2.24) is 4.90 Å². The molecule has 0 aromatic carbocycles. The summed E-state index contributed by atoms with van der Waals surface area (Å²) < 4.78 is 5.53. The molecule has 0 saturated carbocycles. The van der Waals surface area contributed by atoms with E-state index < -0.39 is 6.10 Å². The van der Waals surface area contributed by atoms with E-state index in [1.807, 2.05) is 27.7 Å². The van der Waals surface area contributed by atoms with Crippen LogP contribution in [-0.2, 0) is 9.53 Å². The number of ether oxygens (including phenoxy) is 1. The summed E-state index contributed by atoms with van der Waals surface area (Å²) in [6, 6.07) is 0. The van der Waals surface area contributed by atoms with E-state index in [9.17, 15) is 4.79 Å². The van der Waals surface area contributed by atoms with Crippen molar-refractivity contribution in [3.05, 3.63) is 0 Å². The Morgan fingerprint density at radius 2 is 1.88 bits per heavy atom. The summed E-state index contributed by atoms with van der Waals surface area (Å²) >= 11 is 0. The van der Waals surface area contributed by atoms with Crippen molar-refractivity contribution in [3.8, 4) is 0 Å². The molecule has 0 aliphatic carbocycles. The summed E-state index contributed by atoms with van der Waals surface area (Å²) in [6.45, 7) is 11.5. The quantitative estimate of drug-likeness (QED) is 0.719. The number of carbonyl (C=O) groups excluding carboxylic acids is 1. The van der Waals surface area contributed by atoms with E-state index >= 15 is 0 Å². The van der Waals surface area contributed by atoms with Crippen molar-refractivity contribution in [3.63, 3.8) is 0 Å². The largest absolute Gasteiger partial charge is 0.367 e. The second kappa shape index (κ2) is 6.86. The van der Waals surface area contributed by atoms with Crippen LogP contribution in [0, 0.1) is 0 Å². The van der Waals surface area contributed by atoms with Crippen LogP contribution < -0.4 is 5.73 Å². The normalized spacial score (nSPS) is 16.6. The second-order valence-electron chi connectivity index (χ2n) is 4.47. The van der Waals surface area contributed by atoms with Crippen LogP contribution in [0.3, 0.4) is 0 Å². The highest BCUT2D eigenvalue weighted by molar-refractivity contribution is 5.80. The summed E-state index contributed by atoms with van der Waals surface area (Å²) in [5.74, 6) is 0.0388. The monoisotopic (exact) mass is 230 g/mol. The van der Waals surface area contributed by atoms with Gasteiger partial charge in [-0.1, -0.05) is 6.92 Å². The molecule has 0 radical (unpaired) electrons. The molecule has 0 aromatic heterocycles. The number of nitrogens with two attached hydrogens (primary N) is 1. The van der Waals surface area contributed by atoms with Crippen molar-refractivity contribution in [2.45, 2.75) is 52.7 Å². The lowest BCUT2D eigenvalue weighted by atomic mass is 10.0. The van der Waals surface area contributed by atoms with Crippen LogP contribution >= 0.6 is 0 Å². The number of hydrogen-bond donors (Lipinski definition) is 1. The maximum atomic E-state index is 11.9. The first-order valence-corrected chi connectivity index (χ1v) is 6.07. The number of hydrogen-bond acceptors (Lipinski definition) is 3. The molecule has 2 atom stereocenters. The van der Waals surface area contributed by atoms with Gasteiger partial charge in [-0.2, -0.15) is 0 Å². The van der Waals surface area contributed by atoms with E-state index in [2.05, 4.69) is 0 Å². The smallest absolute Gasteiger partial charge is 0.251 e. The molecule has 2 N–H and O–H groups in total. The van der Waals surface area contributed by atoms with Crippen LogP contribution in [0.15, 0.2) is 0 Å². The fourth-order valence-corrected chi connectivity index (χ4v) is 1.28. The van der Waals surface area contributed by atoms with E-state index in [0.29, 0.717) is 6.61 Å². The molecule has 0 spiro atoms. The maximum Gasteiger partial charge on any atom is 0.251 e. The molecular formula is C12H26N2O2. The molecule has 1 amide bonds. The van der Waals surface area contributed by atoms with Crippen molar-refractivity contribution >= 4 is 5.91 Å². The number of amides is 1. The van der Waals surface area contributed by atoms with Crippen LogP contribution in [0.4, 0.5) is 0 Å². The second-order valence-corrected chi connectivity index (χ2v) is 4.47. The lowest BCUT2D eigenvalue weighted by Crippen LogP contribution is -2.45. The molecular weight excluding hydrogens is 204 g/mol. The minimum atomic E-state index is -0.408. The first kappa shape index (κ1) is 15.4. The van der Waals surface area contributed by atoms with Gasteiger partial charge in [-0.3, -0.25) is 4.79 Å².